The first-order valence-electron chi connectivity index (χ1n) is 12.4. The average molecular weight is 479 g/mol. The van der Waals surface area contributed by atoms with Crippen molar-refractivity contribution >= 4 is 40.1 Å². The molecular weight excluding hydrogens is 448 g/mol. The fourth-order valence-electron chi connectivity index (χ4n) is 5.54. The fourth-order valence-corrected chi connectivity index (χ4v) is 6.07. The van der Waals surface area contributed by atoms with Gasteiger partial charge in [0.1, 0.15) is 11.9 Å². The van der Waals surface area contributed by atoms with E-state index in [2.05, 4.69) is 25.6 Å². The smallest absolute Gasteiger partial charge is 0.248 e. The van der Waals surface area contributed by atoms with Crippen molar-refractivity contribution in [2.24, 2.45) is 0 Å². The Balaban J connectivity index is 1.24. The molecule has 0 unspecified atom stereocenters. The highest BCUT2D eigenvalue weighted by Gasteiger charge is 2.34. The molecule has 3 aromatic heterocycles. The molecule has 1 amide bonds. The Morgan fingerprint density at radius 2 is 1.97 bits per heavy atom. The van der Waals surface area contributed by atoms with Crippen LogP contribution in [0, 0.1) is 0 Å². The Morgan fingerprint density at radius 1 is 1.06 bits per heavy atom. The number of carbonyl (C=O) groups excluding carboxylic acids is 1. The van der Waals surface area contributed by atoms with Gasteiger partial charge in [-0.05, 0) is 44.9 Å². The number of amides is 1. The third-order valence-corrected chi connectivity index (χ3v) is 7.96. The number of fused-ring (bicyclic) bond motifs is 1. The lowest BCUT2D eigenvalue weighted by atomic mass is 9.87. The van der Waals surface area contributed by atoms with Gasteiger partial charge in [-0.1, -0.05) is 19.3 Å². The number of nitrogens with zero attached hydrogens (tertiary/aromatic N) is 5. The van der Waals surface area contributed by atoms with Gasteiger partial charge in [0, 0.05) is 35.3 Å². The maximum absolute atomic E-state index is 13.0. The standard InChI is InChI=1S/C24H30N8OS/c33-21(31-24-25-11-13-34-24)19-10-5-12-32(19)23-28-17-9-4-8-16(17)20(30-23)29-22-26-14-18(27-22)15-6-2-1-3-7-15/h11,13-15,19H,1-10,12H2,(H,25,31,33)(H2,26,27,28,29,30)/t19-/m0/s1. The summed E-state index contributed by atoms with van der Waals surface area (Å²) < 4.78 is 0. The van der Waals surface area contributed by atoms with E-state index in [4.69, 9.17) is 9.97 Å². The summed E-state index contributed by atoms with van der Waals surface area (Å²) in [5.74, 6) is 2.70. The van der Waals surface area contributed by atoms with E-state index in [0.717, 1.165) is 56.1 Å². The van der Waals surface area contributed by atoms with Gasteiger partial charge in [0.25, 0.3) is 0 Å². The van der Waals surface area contributed by atoms with E-state index < -0.39 is 0 Å². The third kappa shape index (κ3) is 4.26. The van der Waals surface area contributed by atoms with Crippen LogP contribution in [-0.4, -0.2) is 43.4 Å². The summed E-state index contributed by atoms with van der Waals surface area (Å²) in [6.45, 7) is 0.765. The highest BCUT2D eigenvalue weighted by Crippen LogP contribution is 2.34. The number of aromatic nitrogens is 5. The minimum Gasteiger partial charge on any atom is -0.329 e. The van der Waals surface area contributed by atoms with Crippen LogP contribution in [0.5, 0.6) is 0 Å². The lowest BCUT2D eigenvalue weighted by Crippen LogP contribution is -2.40. The van der Waals surface area contributed by atoms with E-state index in [1.165, 1.54) is 54.7 Å². The van der Waals surface area contributed by atoms with E-state index in [9.17, 15) is 4.79 Å². The molecule has 0 radical (unpaired) electrons. The van der Waals surface area contributed by atoms with Crippen LogP contribution in [0.1, 0.15) is 74.2 Å². The predicted molar refractivity (Wildman–Crippen MR) is 133 cm³/mol. The molecule has 10 heteroatoms. The third-order valence-electron chi connectivity index (χ3n) is 7.27. The van der Waals surface area contributed by atoms with E-state index >= 15 is 0 Å². The number of hydrogen-bond acceptors (Lipinski definition) is 8. The molecule has 0 spiro atoms. The first-order chi connectivity index (χ1) is 16.7. The van der Waals surface area contributed by atoms with Crippen LogP contribution < -0.4 is 15.5 Å². The second kappa shape index (κ2) is 9.32. The summed E-state index contributed by atoms with van der Waals surface area (Å²) in [5, 5.41) is 8.88. The van der Waals surface area contributed by atoms with Gasteiger partial charge < -0.3 is 20.5 Å². The van der Waals surface area contributed by atoms with Gasteiger partial charge in [-0.3, -0.25) is 4.79 Å². The van der Waals surface area contributed by atoms with Crippen LogP contribution >= 0.6 is 11.3 Å². The van der Waals surface area contributed by atoms with Gasteiger partial charge in [0.05, 0.1) is 11.9 Å². The number of aromatic amines is 1. The Labute approximate surface area is 202 Å². The number of thiazole rings is 1. The maximum Gasteiger partial charge on any atom is 0.248 e. The highest BCUT2D eigenvalue weighted by molar-refractivity contribution is 7.13. The number of aryl methyl sites for hydroxylation is 1. The average Bonchev–Trinajstić information content (AvgIpc) is 3.67. The molecule has 3 aromatic rings. The first-order valence-corrected chi connectivity index (χ1v) is 13.3. The van der Waals surface area contributed by atoms with Gasteiger partial charge in [-0.25, -0.2) is 15.0 Å². The van der Waals surface area contributed by atoms with Crippen molar-refractivity contribution in [3.63, 3.8) is 0 Å². The quantitative estimate of drug-likeness (QED) is 0.477. The van der Waals surface area contributed by atoms with Gasteiger partial charge in [-0.2, -0.15) is 4.98 Å². The molecule has 1 aliphatic heterocycles. The van der Waals surface area contributed by atoms with Crippen molar-refractivity contribution in [1.82, 2.24) is 24.9 Å². The summed E-state index contributed by atoms with van der Waals surface area (Å²) in [6.07, 6.45) is 14.7. The largest absolute Gasteiger partial charge is 0.329 e. The Kier molecular flexibility index (Phi) is 5.90. The van der Waals surface area contributed by atoms with Crippen LogP contribution in [0.25, 0.3) is 0 Å². The molecule has 0 aromatic carbocycles. The molecule has 1 saturated carbocycles. The lowest BCUT2D eigenvalue weighted by Gasteiger charge is -2.24. The Bertz CT molecular complexity index is 1150. The summed E-state index contributed by atoms with van der Waals surface area (Å²) in [7, 11) is 0. The van der Waals surface area contributed by atoms with Gasteiger partial charge in [0.15, 0.2) is 5.13 Å². The fraction of sp³-hybridized carbons (Fsp3) is 0.542. The second-order valence-electron chi connectivity index (χ2n) is 9.48. The summed E-state index contributed by atoms with van der Waals surface area (Å²) >= 11 is 1.43. The van der Waals surface area contributed by atoms with Gasteiger partial charge >= 0.3 is 0 Å². The van der Waals surface area contributed by atoms with Crippen molar-refractivity contribution in [2.75, 3.05) is 22.1 Å². The van der Waals surface area contributed by atoms with Crippen molar-refractivity contribution in [1.29, 1.82) is 0 Å². The monoisotopic (exact) mass is 478 g/mol. The predicted octanol–water partition coefficient (Wildman–Crippen LogP) is 4.54. The summed E-state index contributed by atoms with van der Waals surface area (Å²) in [4.78, 5) is 37.1. The zero-order chi connectivity index (χ0) is 22.9. The number of rotatable bonds is 6. The molecule has 9 nitrogen and oxygen atoms in total. The number of H-pyrrole nitrogens is 1. The molecule has 6 rings (SSSR count). The normalized spacial score (nSPS) is 20.5. The second-order valence-corrected chi connectivity index (χ2v) is 10.4. The van der Waals surface area contributed by atoms with E-state index in [0.29, 0.717) is 17.0 Å². The van der Waals surface area contributed by atoms with Crippen molar-refractivity contribution in [3.8, 4) is 0 Å². The minimum atomic E-state index is -0.294. The Morgan fingerprint density at radius 3 is 2.82 bits per heavy atom. The zero-order valence-electron chi connectivity index (χ0n) is 19.2. The van der Waals surface area contributed by atoms with Crippen molar-refractivity contribution in [2.45, 2.75) is 76.2 Å². The van der Waals surface area contributed by atoms with Crippen LogP contribution in [-0.2, 0) is 17.6 Å². The van der Waals surface area contributed by atoms with Gasteiger partial charge in [0.2, 0.25) is 17.8 Å². The number of anilines is 4. The van der Waals surface area contributed by atoms with Crippen molar-refractivity contribution < 1.29 is 4.79 Å². The van der Waals surface area contributed by atoms with Crippen LogP contribution in [0.4, 0.5) is 22.8 Å². The summed E-state index contributed by atoms with van der Waals surface area (Å²) in [6, 6.07) is -0.294. The SMILES string of the molecule is O=C(Nc1nccs1)[C@@H]1CCCN1c1nc2c(c(Nc3ncc(C4CCCCC4)[nH]3)n1)CCC2. The first kappa shape index (κ1) is 21.5. The zero-order valence-corrected chi connectivity index (χ0v) is 20.0. The molecule has 2 fully saturated rings. The van der Waals surface area contributed by atoms with Gasteiger partial charge in [-0.15, -0.1) is 11.3 Å². The van der Waals surface area contributed by atoms with E-state index in [1.54, 1.807) is 6.20 Å². The molecule has 1 atom stereocenters. The molecule has 178 valence electrons. The van der Waals surface area contributed by atoms with Crippen LogP contribution in [0.15, 0.2) is 17.8 Å². The molecule has 1 saturated heterocycles. The topological polar surface area (TPSA) is 112 Å². The van der Waals surface area contributed by atoms with Crippen LogP contribution in [0.2, 0.25) is 0 Å². The molecule has 4 heterocycles. The van der Waals surface area contributed by atoms with Crippen molar-refractivity contribution in [3.05, 3.63) is 34.7 Å². The van der Waals surface area contributed by atoms with E-state index in [-0.39, 0.29) is 11.9 Å². The number of nitrogens with one attached hydrogen (secondary N) is 3. The molecule has 3 aliphatic rings. The molecular formula is C24H30N8OS. The molecule has 3 N–H and O–H groups in total. The number of imidazole rings is 1. The highest BCUT2D eigenvalue weighted by atomic mass is 32.1. The molecule has 2 aliphatic carbocycles. The van der Waals surface area contributed by atoms with Crippen LogP contribution in [0.3, 0.4) is 0 Å². The minimum absolute atomic E-state index is 0.0470. The molecule has 34 heavy (non-hydrogen) atoms. The number of carbonyl (C=O) groups is 1. The lowest BCUT2D eigenvalue weighted by molar-refractivity contribution is -0.117. The summed E-state index contributed by atoms with van der Waals surface area (Å²) in [5.41, 5.74) is 3.46. The Hall–Kier alpha value is -3.01. The van der Waals surface area contributed by atoms with E-state index in [1.807, 2.05) is 16.5 Å². The maximum atomic E-state index is 13.0. The number of hydrogen-bond donors (Lipinski definition) is 3. The molecule has 0 bridgehead atoms.